The Labute approximate surface area is 129 Å². The SMILES string of the molecule is CC(NC1CCC(C(C)(C)C)CC1)c1ccc(C#N)cc1. The van der Waals surface area contributed by atoms with E-state index < -0.39 is 0 Å². The summed E-state index contributed by atoms with van der Waals surface area (Å²) < 4.78 is 0. The third-order valence-electron chi connectivity index (χ3n) is 4.98. The molecule has 0 spiro atoms. The van der Waals surface area contributed by atoms with E-state index in [1.807, 2.05) is 12.1 Å². The van der Waals surface area contributed by atoms with Gasteiger partial charge in [-0.15, -0.1) is 0 Å². The summed E-state index contributed by atoms with van der Waals surface area (Å²) in [5.74, 6) is 0.862. The average molecular weight is 284 g/mol. The average Bonchev–Trinajstić information content (AvgIpc) is 2.47. The minimum Gasteiger partial charge on any atom is -0.307 e. The fourth-order valence-corrected chi connectivity index (χ4v) is 3.42. The van der Waals surface area contributed by atoms with Crippen LogP contribution in [0.15, 0.2) is 24.3 Å². The maximum absolute atomic E-state index is 8.85. The first-order chi connectivity index (χ1) is 9.90. The largest absolute Gasteiger partial charge is 0.307 e. The van der Waals surface area contributed by atoms with Crippen LogP contribution in [0.25, 0.3) is 0 Å². The van der Waals surface area contributed by atoms with E-state index in [1.54, 1.807) is 0 Å². The lowest BCUT2D eigenvalue weighted by Crippen LogP contribution is -2.37. The van der Waals surface area contributed by atoms with Crippen LogP contribution in [-0.4, -0.2) is 6.04 Å². The molecule has 2 nitrogen and oxygen atoms in total. The molecule has 0 amide bonds. The first-order valence-electron chi connectivity index (χ1n) is 8.16. The van der Waals surface area contributed by atoms with E-state index >= 15 is 0 Å². The normalized spacial score (nSPS) is 24.3. The van der Waals surface area contributed by atoms with Gasteiger partial charge in [0.25, 0.3) is 0 Å². The summed E-state index contributed by atoms with van der Waals surface area (Å²) in [5, 5.41) is 12.6. The Hall–Kier alpha value is -1.33. The van der Waals surface area contributed by atoms with Crippen molar-refractivity contribution in [1.29, 1.82) is 5.26 Å². The Balaban J connectivity index is 1.86. The minimum atomic E-state index is 0.355. The van der Waals surface area contributed by atoms with Crippen LogP contribution < -0.4 is 5.32 Å². The van der Waals surface area contributed by atoms with E-state index in [-0.39, 0.29) is 0 Å². The summed E-state index contributed by atoms with van der Waals surface area (Å²) in [6.07, 6.45) is 5.23. The Morgan fingerprint density at radius 2 is 1.67 bits per heavy atom. The molecule has 1 unspecified atom stereocenters. The van der Waals surface area contributed by atoms with Gasteiger partial charge in [-0.05, 0) is 61.6 Å². The number of hydrogen-bond donors (Lipinski definition) is 1. The summed E-state index contributed by atoms with van der Waals surface area (Å²) >= 11 is 0. The smallest absolute Gasteiger partial charge is 0.0991 e. The predicted molar refractivity (Wildman–Crippen MR) is 87.9 cm³/mol. The molecule has 0 bridgehead atoms. The zero-order chi connectivity index (χ0) is 15.5. The molecule has 1 aromatic rings. The Bertz CT molecular complexity index is 482. The lowest BCUT2D eigenvalue weighted by atomic mass is 9.71. The molecule has 2 heteroatoms. The number of nitriles is 1. The van der Waals surface area contributed by atoms with Crippen LogP contribution >= 0.6 is 0 Å². The van der Waals surface area contributed by atoms with E-state index in [0.29, 0.717) is 17.5 Å². The highest BCUT2D eigenvalue weighted by atomic mass is 14.9. The van der Waals surface area contributed by atoms with Gasteiger partial charge in [-0.25, -0.2) is 0 Å². The summed E-state index contributed by atoms with van der Waals surface area (Å²) in [7, 11) is 0. The van der Waals surface area contributed by atoms with Gasteiger partial charge in [-0.2, -0.15) is 5.26 Å². The quantitative estimate of drug-likeness (QED) is 0.864. The fraction of sp³-hybridized carbons (Fsp3) is 0.632. The topological polar surface area (TPSA) is 35.8 Å². The van der Waals surface area contributed by atoms with Crippen molar-refractivity contribution >= 4 is 0 Å². The molecule has 1 aliphatic rings. The standard InChI is InChI=1S/C19H28N2/c1-14(16-7-5-15(13-20)6-8-16)21-18-11-9-17(10-12-18)19(2,3)4/h5-8,14,17-18,21H,9-12H2,1-4H3. The van der Waals surface area contributed by atoms with Gasteiger partial charge in [0.2, 0.25) is 0 Å². The number of hydrogen-bond acceptors (Lipinski definition) is 2. The zero-order valence-corrected chi connectivity index (χ0v) is 13.8. The van der Waals surface area contributed by atoms with Crippen molar-refractivity contribution in [2.45, 2.75) is 65.5 Å². The molecule has 0 radical (unpaired) electrons. The van der Waals surface area contributed by atoms with E-state index in [1.165, 1.54) is 31.2 Å². The first-order valence-corrected chi connectivity index (χ1v) is 8.16. The Kier molecular flexibility index (Phi) is 5.06. The highest BCUT2D eigenvalue weighted by molar-refractivity contribution is 5.32. The molecule has 21 heavy (non-hydrogen) atoms. The molecule has 1 atom stereocenters. The van der Waals surface area contributed by atoms with Gasteiger partial charge in [-0.1, -0.05) is 32.9 Å². The summed E-state index contributed by atoms with van der Waals surface area (Å²) in [6, 6.07) is 11.1. The number of benzene rings is 1. The number of rotatable bonds is 3. The van der Waals surface area contributed by atoms with Crippen molar-refractivity contribution in [1.82, 2.24) is 5.32 Å². The van der Waals surface area contributed by atoms with Gasteiger partial charge >= 0.3 is 0 Å². The molecular weight excluding hydrogens is 256 g/mol. The van der Waals surface area contributed by atoms with Crippen LogP contribution in [0, 0.1) is 22.7 Å². The third kappa shape index (κ3) is 4.32. The molecule has 2 rings (SSSR count). The maximum Gasteiger partial charge on any atom is 0.0991 e. The van der Waals surface area contributed by atoms with E-state index in [0.717, 1.165) is 11.5 Å². The minimum absolute atomic E-state index is 0.355. The van der Waals surface area contributed by atoms with Gasteiger partial charge in [0.15, 0.2) is 0 Å². The van der Waals surface area contributed by atoms with Crippen LogP contribution in [0.1, 0.15) is 70.5 Å². The van der Waals surface area contributed by atoms with Crippen molar-refractivity contribution in [3.63, 3.8) is 0 Å². The lowest BCUT2D eigenvalue weighted by molar-refractivity contribution is 0.157. The molecule has 1 aliphatic carbocycles. The van der Waals surface area contributed by atoms with Crippen LogP contribution in [0.2, 0.25) is 0 Å². The second kappa shape index (κ2) is 6.62. The molecule has 1 saturated carbocycles. The lowest BCUT2D eigenvalue weighted by Gasteiger charge is -2.38. The maximum atomic E-state index is 8.85. The molecule has 1 N–H and O–H groups in total. The fourth-order valence-electron chi connectivity index (χ4n) is 3.42. The van der Waals surface area contributed by atoms with Crippen LogP contribution in [0.3, 0.4) is 0 Å². The number of nitrogens with zero attached hydrogens (tertiary/aromatic N) is 1. The molecule has 0 aromatic heterocycles. The zero-order valence-electron chi connectivity index (χ0n) is 13.8. The predicted octanol–water partition coefficient (Wildman–Crippen LogP) is 4.81. The van der Waals surface area contributed by atoms with Crippen molar-refractivity contribution in [3.05, 3.63) is 35.4 Å². The van der Waals surface area contributed by atoms with Crippen LogP contribution in [0.4, 0.5) is 0 Å². The molecule has 1 fully saturated rings. The second-order valence-electron chi connectivity index (χ2n) is 7.54. The van der Waals surface area contributed by atoms with Crippen molar-refractivity contribution in [2.75, 3.05) is 0 Å². The first kappa shape index (κ1) is 16.0. The highest BCUT2D eigenvalue weighted by Gasteiger charge is 2.29. The molecule has 1 aromatic carbocycles. The van der Waals surface area contributed by atoms with E-state index in [2.05, 4.69) is 51.2 Å². The summed E-state index contributed by atoms with van der Waals surface area (Å²) in [4.78, 5) is 0. The molecule has 0 aliphatic heterocycles. The monoisotopic (exact) mass is 284 g/mol. The van der Waals surface area contributed by atoms with Crippen molar-refractivity contribution in [3.8, 4) is 6.07 Å². The highest BCUT2D eigenvalue weighted by Crippen LogP contribution is 2.38. The van der Waals surface area contributed by atoms with Gasteiger partial charge in [-0.3, -0.25) is 0 Å². The Morgan fingerprint density at radius 1 is 1.10 bits per heavy atom. The Morgan fingerprint density at radius 3 is 2.14 bits per heavy atom. The second-order valence-corrected chi connectivity index (χ2v) is 7.54. The molecule has 114 valence electrons. The van der Waals surface area contributed by atoms with Crippen LogP contribution in [-0.2, 0) is 0 Å². The third-order valence-corrected chi connectivity index (χ3v) is 4.98. The summed E-state index contributed by atoms with van der Waals surface area (Å²) in [5.41, 5.74) is 2.45. The molecular formula is C19H28N2. The van der Waals surface area contributed by atoms with Crippen molar-refractivity contribution in [2.24, 2.45) is 11.3 Å². The molecule has 0 saturated heterocycles. The van der Waals surface area contributed by atoms with E-state index in [4.69, 9.17) is 5.26 Å². The van der Waals surface area contributed by atoms with E-state index in [9.17, 15) is 0 Å². The van der Waals surface area contributed by atoms with Crippen LogP contribution in [0.5, 0.6) is 0 Å². The van der Waals surface area contributed by atoms with Gasteiger partial charge in [0.1, 0.15) is 0 Å². The molecule has 0 heterocycles. The van der Waals surface area contributed by atoms with Gasteiger partial charge in [0, 0.05) is 12.1 Å². The van der Waals surface area contributed by atoms with Crippen molar-refractivity contribution < 1.29 is 0 Å². The summed E-state index contributed by atoms with van der Waals surface area (Å²) in [6.45, 7) is 9.32. The van der Waals surface area contributed by atoms with Gasteiger partial charge in [0.05, 0.1) is 11.6 Å². The van der Waals surface area contributed by atoms with Gasteiger partial charge < -0.3 is 5.32 Å². The number of nitrogens with one attached hydrogen (secondary N) is 1.